The summed E-state index contributed by atoms with van der Waals surface area (Å²) >= 11 is 0. The van der Waals surface area contributed by atoms with Crippen molar-refractivity contribution in [2.45, 2.75) is 39.4 Å². The summed E-state index contributed by atoms with van der Waals surface area (Å²) in [5.74, 6) is -1.60. The highest BCUT2D eigenvalue weighted by Gasteiger charge is 2.18. The van der Waals surface area contributed by atoms with Gasteiger partial charge in [0.25, 0.3) is 0 Å². The lowest BCUT2D eigenvalue weighted by Gasteiger charge is -2.19. The molecule has 0 fully saturated rings. The van der Waals surface area contributed by atoms with Gasteiger partial charge in [0.15, 0.2) is 9.84 Å². The van der Waals surface area contributed by atoms with E-state index in [-0.39, 0.29) is 18.8 Å². The first-order chi connectivity index (χ1) is 14.0. The second-order valence-corrected chi connectivity index (χ2v) is 10.00. The van der Waals surface area contributed by atoms with Crippen LogP contribution in [-0.2, 0) is 37.1 Å². The lowest BCUT2D eigenvalue weighted by atomic mass is 10.1. The molecule has 1 amide bonds. The van der Waals surface area contributed by atoms with Crippen LogP contribution in [0.1, 0.15) is 31.9 Å². The van der Waals surface area contributed by atoms with Crippen LogP contribution >= 0.6 is 0 Å². The van der Waals surface area contributed by atoms with Crippen molar-refractivity contribution in [3.05, 3.63) is 65.7 Å². The summed E-state index contributed by atoms with van der Waals surface area (Å²) in [6.45, 7) is 5.36. The van der Waals surface area contributed by atoms with E-state index >= 15 is 0 Å². The Kier molecular flexibility index (Phi) is 8.00. The number of nitrogens with one attached hydrogen (secondary N) is 1. The highest BCUT2D eigenvalue weighted by Crippen LogP contribution is 2.14. The van der Waals surface area contributed by atoms with E-state index in [2.05, 4.69) is 5.32 Å². The molecule has 0 bridgehead atoms. The summed E-state index contributed by atoms with van der Waals surface area (Å²) < 4.78 is 34.6. The largest absolute Gasteiger partial charge is 0.460 e. The minimum atomic E-state index is -3.60. The number of hydrogen-bond donors (Lipinski definition) is 1. The zero-order valence-electron chi connectivity index (χ0n) is 17.4. The maximum absolute atomic E-state index is 12.2. The minimum absolute atomic E-state index is 0.0430. The summed E-state index contributed by atoms with van der Waals surface area (Å²) in [4.78, 5) is 23.6. The number of carbonyl (C=O) groups excluding carboxylic acids is 2. The molecular formula is C22H27NO6S. The Morgan fingerprint density at radius 1 is 0.933 bits per heavy atom. The van der Waals surface area contributed by atoms with Crippen LogP contribution in [0.5, 0.6) is 0 Å². The minimum Gasteiger partial charge on any atom is -0.460 e. The smallest absolute Gasteiger partial charge is 0.412 e. The fraction of sp³-hybridized carbons (Fsp3) is 0.364. The van der Waals surface area contributed by atoms with Crippen molar-refractivity contribution in [1.82, 2.24) is 0 Å². The molecule has 162 valence electrons. The average Bonchev–Trinajstić information content (AvgIpc) is 2.65. The summed E-state index contributed by atoms with van der Waals surface area (Å²) in [6, 6.07) is 15.8. The molecule has 0 radical (unpaired) electrons. The van der Waals surface area contributed by atoms with Crippen molar-refractivity contribution >= 4 is 27.6 Å². The molecule has 0 atom stereocenters. The number of esters is 1. The number of hydrogen-bond acceptors (Lipinski definition) is 6. The Hall–Kier alpha value is -2.87. The van der Waals surface area contributed by atoms with E-state index < -0.39 is 33.3 Å². The molecule has 0 saturated heterocycles. The predicted molar refractivity (Wildman–Crippen MR) is 115 cm³/mol. The Bertz CT molecular complexity index is 947. The lowest BCUT2D eigenvalue weighted by Crippen LogP contribution is -2.27. The van der Waals surface area contributed by atoms with E-state index in [0.717, 1.165) is 11.1 Å². The van der Waals surface area contributed by atoms with Gasteiger partial charge in [-0.3, -0.25) is 10.1 Å². The summed E-state index contributed by atoms with van der Waals surface area (Å²) in [5, 5.41) is 2.61. The van der Waals surface area contributed by atoms with Crippen molar-refractivity contribution in [1.29, 1.82) is 0 Å². The van der Waals surface area contributed by atoms with Gasteiger partial charge in [-0.25, -0.2) is 13.2 Å². The second-order valence-electron chi connectivity index (χ2n) is 7.81. The van der Waals surface area contributed by atoms with Gasteiger partial charge in [-0.1, -0.05) is 42.5 Å². The van der Waals surface area contributed by atoms with Crippen molar-refractivity contribution in [3.8, 4) is 0 Å². The molecule has 0 aliphatic carbocycles. The molecule has 2 rings (SSSR count). The zero-order chi connectivity index (χ0) is 22.2. The number of anilines is 1. The number of aryl methyl sites for hydroxylation is 1. The fourth-order valence-electron chi connectivity index (χ4n) is 2.48. The van der Waals surface area contributed by atoms with E-state index in [9.17, 15) is 18.0 Å². The van der Waals surface area contributed by atoms with Crippen LogP contribution in [0.3, 0.4) is 0 Å². The van der Waals surface area contributed by atoms with Gasteiger partial charge in [-0.2, -0.15) is 0 Å². The molecule has 1 N–H and O–H groups in total. The third-order valence-electron chi connectivity index (χ3n) is 3.88. The van der Waals surface area contributed by atoms with Crippen LogP contribution in [0.15, 0.2) is 54.6 Å². The SMILES string of the molecule is CC(C)(C)OC(=O)Nc1ccc(CCS(=O)(=O)CC(=O)OCc2ccccc2)cc1. The zero-order valence-corrected chi connectivity index (χ0v) is 18.2. The Labute approximate surface area is 177 Å². The summed E-state index contributed by atoms with van der Waals surface area (Å²) in [6.07, 6.45) is -0.312. The Balaban J connectivity index is 1.79. The Morgan fingerprint density at radius 3 is 2.17 bits per heavy atom. The van der Waals surface area contributed by atoms with Gasteiger partial charge in [-0.15, -0.1) is 0 Å². The molecule has 0 aliphatic rings. The average molecular weight is 434 g/mol. The van der Waals surface area contributed by atoms with E-state index in [1.165, 1.54) is 0 Å². The molecule has 0 aromatic heterocycles. The molecule has 2 aromatic carbocycles. The molecular weight excluding hydrogens is 406 g/mol. The molecule has 0 saturated carbocycles. The van der Waals surface area contributed by atoms with Crippen LogP contribution < -0.4 is 5.32 Å². The third kappa shape index (κ3) is 9.09. The third-order valence-corrected chi connectivity index (χ3v) is 5.38. The lowest BCUT2D eigenvalue weighted by molar-refractivity contribution is -0.141. The summed E-state index contributed by atoms with van der Waals surface area (Å²) in [7, 11) is -3.60. The second kappa shape index (κ2) is 10.2. The van der Waals surface area contributed by atoms with Crippen molar-refractivity contribution in [2.75, 3.05) is 16.8 Å². The van der Waals surface area contributed by atoms with Gasteiger partial charge in [0, 0.05) is 5.69 Å². The van der Waals surface area contributed by atoms with Crippen LogP contribution in [0.25, 0.3) is 0 Å². The molecule has 0 unspecified atom stereocenters. The van der Waals surface area contributed by atoms with E-state index in [0.29, 0.717) is 5.69 Å². The van der Waals surface area contributed by atoms with Crippen LogP contribution in [0.2, 0.25) is 0 Å². The predicted octanol–water partition coefficient (Wildman–Crippen LogP) is 3.73. The number of sulfone groups is 1. The molecule has 0 spiro atoms. The van der Waals surface area contributed by atoms with Gasteiger partial charge in [0.2, 0.25) is 0 Å². The van der Waals surface area contributed by atoms with Crippen molar-refractivity contribution < 1.29 is 27.5 Å². The van der Waals surface area contributed by atoms with Gasteiger partial charge in [-0.05, 0) is 50.5 Å². The van der Waals surface area contributed by atoms with Crippen LogP contribution in [-0.4, -0.2) is 37.6 Å². The normalized spacial score (nSPS) is 11.6. The first kappa shape index (κ1) is 23.4. The Morgan fingerprint density at radius 2 is 1.57 bits per heavy atom. The number of benzene rings is 2. The molecule has 0 aliphatic heterocycles. The van der Waals surface area contributed by atoms with Crippen molar-refractivity contribution in [3.63, 3.8) is 0 Å². The summed E-state index contributed by atoms with van der Waals surface area (Å²) in [5.41, 5.74) is 1.51. The molecule has 0 heterocycles. The maximum Gasteiger partial charge on any atom is 0.412 e. The quantitative estimate of drug-likeness (QED) is 0.637. The van der Waals surface area contributed by atoms with Gasteiger partial charge in [0.05, 0.1) is 5.75 Å². The first-order valence-electron chi connectivity index (χ1n) is 9.51. The maximum atomic E-state index is 12.2. The first-order valence-corrected chi connectivity index (χ1v) is 11.3. The van der Waals surface area contributed by atoms with Gasteiger partial charge in [0.1, 0.15) is 18.0 Å². The topological polar surface area (TPSA) is 98.8 Å². The van der Waals surface area contributed by atoms with E-state index in [4.69, 9.17) is 9.47 Å². The van der Waals surface area contributed by atoms with E-state index in [1.807, 2.05) is 18.2 Å². The highest BCUT2D eigenvalue weighted by molar-refractivity contribution is 7.92. The molecule has 7 nitrogen and oxygen atoms in total. The van der Waals surface area contributed by atoms with Crippen LogP contribution in [0, 0.1) is 0 Å². The number of amides is 1. The monoisotopic (exact) mass is 433 g/mol. The molecule has 30 heavy (non-hydrogen) atoms. The standard InChI is InChI=1S/C22H27NO6S/c1-22(2,3)29-21(25)23-19-11-9-17(10-12-19)13-14-30(26,27)16-20(24)28-15-18-7-5-4-6-8-18/h4-12H,13-16H2,1-3H3,(H,23,25). The van der Waals surface area contributed by atoms with E-state index in [1.54, 1.807) is 57.2 Å². The van der Waals surface area contributed by atoms with Gasteiger partial charge >= 0.3 is 12.1 Å². The molecule has 2 aromatic rings. The fourth-order valence-corrected chi connectivity index (χ4v) is 3.61. The molecule has 8 heteroatoms. The van der Waals surface area contributed by atoms with Gasteiger partial charge < -0.3 is 9.47 Å². The highest BCUT2D eigenvalue weighted by atomic mass is 32.2. The number of ether oxygens (including phenoxy) is 2. The number of carbonyl (C=O) groups is 2. The van der Waals surface area contributed by atoms with Crippen LogP contribution in [0.4, 0.5) is 10.5 Å². The number of rotatable bonds is 8. The van der Waals surface area contributed by atoms with Crippen molar-refractivity contribution in [2.24, 2.45) is 0 Å².